The molecule has 7 nitrogen and oxygen atoms in total. The molecule has 180 valence electrons. The fraction of sp³-hybridized carbons (Fsp3) is 0.423. The molecule has 2 aromatic carbocycles. The number of imide groups is 1. The monoisotopic (exact) mass is 482 g/mol. The molecule has 3 amide bonds. The molecule has 1 fully saturated rings. The van der Waals surface area contributed by atoms with Gasteiger partial charge in [0, 0.05) is 13.1 Å². The van der Waals surface area contributed by atoms with E-state index in [1.165, 1.54) is 4.90 Å². The minimum atomic E-state index is -3.09. The second-order valence-electron chi connectivity index (χ2n) is 9.54. The molecule has 0 bridgehead atoms. The number of hydrogen-bond acceptors (Lipinski definition) is 5. The van der Waals surface area contributed by atoms with Gasteiger partial charge in [-0.3, -0.25) is 14.4 Å². The summed E-state index contributed by atoms with van der Waals surface area (Å²) in [5.74, 6) is -0.555. The van der Waals surface area contributed by atoms with Gasteiger partial charge in [0.25, 0.3) is 11.8 Å². The van der Waals surface area contributed by atoms with Crippen LogP contribution in [0.1, 0.15) is 58.5 Å². The lowest BCUT2D eigenvalue weighted by Gasteiger charge is -2.32. The Labute approximate surface area is 200 Å². The molecule has 34 heavy (non-hydrogen) atoms. The third-order valence-corrected chi connectivity index (χ3v) is 9.12. The van der Waals surface area contributed by atoms with Gasteiger partial charge in [0.2, 0.25) is 5.91 Å². The Balaban J connectivity index is 1.40. The predicted molar refractivity (Wildman–Crippen MR) is 131 cm³/mol. The normalized spacial score (nSPS) is 16.9. The highest BCUT2D eigenvalue weighted by Crippen LogP contribution is 2.30. The van der Waals surface area contributed by atoms with E-state index < -0.39 is 9.84 Å². The fourth-order valence-corrected chi connectivity index (χ4v) is 5.86. The minimum Gasteiger partial charge on any atom is -0.342 e. The van der Waals surface area contributed by atoms with E-state index in [9.17, 15) is 22.8 Å². The van der Waals surface area contributed by atoms with Gasteiger partial charge < -0.3 is 4.90 Å². The Morgan fingerprint density at radius 1 is 0.971 bits per heavy atom. The maximum Gasteiger partial charge on any atom is 0.266 e. The summed E-state index contributed by atoms with van der Waals surface area (Å²) in [6.07, 6.45) is 1.47. The zero-order valence-corrected chi connectivity index (χ0v) is 20.6. The van der Waals surface area contributed by atoms with Gasteiger partial charge in [-0.05, 0) is 69.4 Å². The molecule has 0 aliphatic carbocycles. The lowest BCUT2D eigenvalue weighted by Crippen LogP contribution is -2.41. The van der Waals surface area contributed by atoms with Gasteiger partial charge in [-0.25, -0.2) is 13.3 Å². The van der Waals surface area contributed by atoms with E-state index in [1.54, 1.807) is 49.1 Å². The molecule has 0 saturated carbocycles. The lowest BCUT2D eigenvalue weighted by molar-refractivity contribution is -0.131. The number of sulfone groups is 1. The van der Waals surface area contributed by atoms with Crippen LogP contribution in [-0.2, 0) is 21.1 Å². The Hall–Kier alpha value is -3.00. The number of amides is 3. The summed E-state index contributed by atoms with van der Waals surface area (Å²) in [6, 6.07) is 12.2. The van der Waals surface area contributed by atoms with Crippen molar-refractivity contribution >= 4 is 33.2 Å². The van der Waals surface area contributed by atoms with Gasteiger partial charge in [-0.15, -0.1) is 0 Å². The largest absolute Gasteiger partial charge is 0.342 e. The predicted octanol–water partition coefficient (Wildman–Crippen LogP) is 3.40. The molecule has 1 saturated heterocycles. The molecular formula is C26H30N2O5S. The number of anilines is 1. The van der Waals surface area contributed by atoms with Crippen molar-refractivity contribution in [1.29, 1.82) is 0 Å². The van der Waals surface area contributed by atoms with Crippen LogP contribution in [0.5, 0.6) is 0 Å². The first-order chi connectivity index (χ1) is 16.1. The van der Waals surface area contributed by atoms with Crippen molar-refractivity contribution in [3.8, 4) is 0 Å². The first-order valence-corrected chi connectivity index (χ1v) is 13.4. The van der Waals surface area contributed by atoms with Crippen LogP contribution < -0.4 is 4.90 Å². The third-order valence-electron chi connectivity index (χ3n) is 6.75. The molecule has 0 aromatic heterocycles. The molecule has 0 N–H and O–H groups in total. The minimum absolute atomic E-state index is 0.0581. The summed E-state index contributed by atoms with van der Waals surface area (Å²) in [6.45, 7) is 6.39. The van der Waals surface area contributed by atoms with Crippen molar-refractivity contribution in [2.45, 2.75) is 45.3 Å². The van der Waals surface area contributed by atoms with Crippen molar-refractivity contribution in [2.24, 2.45) is 5.92 Å². The lowest BCUT2D eigenvalue weighted by atomic mass is 9.98. The van der Waals surface area contributed by atoms with Crippen LogP contribution in [0.4, 0.5) is 5.69 Å². The Morgan fingerprint density at radius 3 is 2.21 bits per heavy atom. The van der Waals surface area contributed by atoms with Gasteiger partial charge in [0.15, 0.2) is 9.84 Å². The molecule has 2 aliphatic heterocycles. The number of nitrogens with zero attached hydrogens (tertiary/aromatic N) is 2. The molecule has 0 unspecified atom stereocenters. The second kappa shape index (κ2) is 9.33. The molecule has 0 radical (unpaired) electrons. The maximum atomic E-state index is 13.0. The molecular weight excluding hydrogens is 452 g/mol. The maximum absolute atomic E-state index is 13.0. The van der Waals surface area contributed by atoms with Crippen molar-refractivity contribution in [1.82, 2.24) is 4.90 Å². The molecule has 0 spiro atoms. The Kier molecular flexibility index (Phi) is 6.62. The summed E-state index contributed by atoms with van der Waals surface area (Å²) >= 11 is 0. The highest BCUT2D eigenvalue weighted by atomic mass is 32.2. The summed E-state index contributed by atoms with van der Waals surface area (Å²) < 4.78 is 24.4. The SMILES string of the molecule is Cc1ccc(N2C(=O)c3ccc(CC(=O)N4CCC(CS(=O)(=O)C(C)C)CC4)cc3C2=O)cc1. The van der Waals surface area contributed by atoms with Gasteiger partial charge in [-0.1, -0.05) is 23.8 Å². The average molecular weight is 483 g/mol. The van der Waals surface area contributed by atoms with Crippen LogP contribution in [0.15, 0.2) is 42.5 Å². The van der Waals surface area contributed by atoms with Gasteiger partial charge in [0.1, 0.15) is 0 Å². The number of benzene rings is 2. The molecule has 2 aromatic rings. The zero-order valence-electron chi connectivity index (χ0n) is 19.8. The summed E-state index contributed by atoms with van der Waals surface area (Å²) in [4.78, 5) is 41.6. The number of likely N-dealkylation sites (tertiary alicyclic amines) is 1. The number of piperidine rings is 1. The molecule has 4 rings (SSSR count). The van der Waals surface area contributed by atoms with E-state index in [4.69, 9.17) is 0 Å². The topological polar surface area (TPSA) is 91.8 Å². The van der Waals surface area contributed by atoms with Crippen LogP contribution in [0.3, 0.4) is 0 Å². The smallest absolute Gasteiger partial charge is 0.266 e. The number of carbonyl (C=O) groups is 3. The van der Waals surface area contributed by atoms with Gasteiger partial charge >= 0.3 is 0 Å². The van der Waals surface area contributed by atoms with Crippen molar-refractivity contribution in [2.75, 3.05) is 23.7 Å². The van der Waals surface area contributed by atoms with E-state index in [-0.39, 0.29) is 41.1 Å². The highest BCUT2D eigenvalue weighted by Gasteiger charge is 2.37. The molecule has 2 heterocycles. The Bertz CT molecular complexity index is 1230. The number of fused-ring (bicyclic) bond motifs is 1. The van der Waals surface area contributed by atoms with Crippen molar-refractivity contribution in [3.63, 3.8) is 0 Å². The quantitative estimate of drug-likeness (QED) is 0.589. The second-order valence-corrected chi connectivity index (χ2v) is 12.1. The summed E-state index contributed by atoms with van der Waals surface area (Å²) in [5.41, 5.74) is 2.89. The number of hydrogen-bond donors (Lipinski definition) is 0. The van der Waals surface area contributed by atoms with E-state index in [0.717, 1.165) is 5.56 Å². The molecule has 2 aliphatic rings. The summed E-state index contributed by atoms with van der Waals surface area (Å²) in [7, 11) is -3.09. The molecule has 0 atom stereocenters. The van der Waals surface area contributed by atoms with Crippen LogP contribution >= 0.6 is 0 Å². The zero-order chi connectivity index (χ0) is 24.6. The highest BCUT2D eigenvalue weighted by molar-refractivity contribution is 7.91. The van der Waals surface area contributed by atoms with Gasteiger partial charge in [-0.2, -0.15) is 0 Å². The fourth-order valence-electron chi connectivity index (χ4n) is 4.48. The van der Waals surface area contributed by atoms with Crippen LogP contribution in [0, 0.1) is 12.8 Å². The number of rotatable bonds is 6. The third kappa shape index (κ3) is 4.78. The number of carbonyl (C=O) groups excluding carboxylic acids is 3. The van der Waals surface area contributed by atoms with Crippen LogP contribution in [0.25, 0.3) is 0 Å². The Morgan fingerprint density at radius 2 is 1.59 bits per heavy atom. The van der Waals surface area contributed by atoms with E-state index >= 15 is 0 Å². The molecule has 8 heteroatoms. The summed E-state index contributed by atoms with van der Waals surface area (Å²) in [5, 5.41) is -0.386. The van der Waals surface area contributed by atoms with E-state index in [1.807, 2.05) is 19.1 Å². The van der Waals surface area contributed by atoms with Gasteiger partial charge in [0.05, 0.1) is 34.2 Å². The first-order valence-electron chi connectivity index (χ1n) is 11.6. The van der Waals surface area contributed by atoms with E-state index in [0.29, 0.717) is 48.3 Å². The first kappa shape index (κ1) is 24.1. The van der Waals surface area contributed by atoms with E-state index in [2.05, 4.69) is 0 Å². The van der Waals surface area contributed by atoms with Crippen LogP contribution in [0.2, 0.25) is 0 Å². The van der Waals surface area contributed by atoms with Crippen LogP contribution in [-0.4, -0.2) is 55.1 Å². The average Bonchev–Trinajstić information content (AvgIpc) is 3.04. The number of aryl methyl sites for hydroxylation is 1. The standard InChI is InChI=1S/C26H30N2O5S/c1-17(2)34(32,33)16-19-10-12-27(13-11-19)24(29)15-20-6-9-22-23(14-20)26(31)28(25(22)30)21-7-4-18(3)5-8-21/h4-9,14,17,19H,10-13,15-16H2,1-3H3. The van der Waals surface area contributed by atoms with Crippen molar-refractivity contribution in [3.05, 3.63) is 64.7 Å². The van der Waals surface area contributed by atoms with Crippen molar-refractivity contribution < 1.29 is 22.8 Å².